The first-order valence-corrected chi connectivity index (χ1v) is 7.17. The summed E-state index contributed by atoms with van der Waals surface area (Å²) in [6.45, 7) is 5.28. The van der Waals surface area contributed by atoms with Crippen LogP contribution in [0.3, 0.4) is 0 Å². The van der Waals surface area contributed by atoms with Crippen molar-refractivity contribution in [1.29, 1.82) is 0 Å². The van der Waals surface area contributed by atoms with Crippen LogP contribution in [0.4, 0.5) is 0 Å². The van der Waals surface area contributed by atoms with Crippen LogP contribution in [0.2, 0.25) is 0 Å². The predicted octanol–water partition coefficient (Wildman–Crippen LogP) is 2.33. The van der Waals surface area contributed by atoms with Gasteiger partial charge < -0.3 is 14.6 Å². The van der Waals surface area contributed by atoms with Gasteiger partial charge in [0.1, 0.15) is 0 Å². The van der Waals surface area contributed by atoms with E-state index in [1.807, 2.05) is 43.0 Å². The van der Waals surface area contributed by atoms with Gasteiger partial charge in [-0.2, -0.15) is 0 Å². The number of amides is 1. The van der Waals surface area contributed by atoms with Gasteiger partial charge in [0.05, 0.1) is 30.4 Å². The fraction of sp³-hybridized carbons (Fsp3) is 0.375. The molecule has 2 heterocycles. The van der Waals surface area contributed by atoms with Gasteiger partial charge in [-0.25, -0.2) is 4.98 Å². The van der Waals surface area contributed by atoms with E-state index in [0.717, 1.165) is 11.3 Å². The number of imidazole rings is 1. The summed E-state index contributed by atoms with van der Waals surface area (Å²) in [6, 6.07) is 7.61. The molecule has 1 amide bonds. The molecule has 3 rings (SSSR count). The van der Waals surface area contributed by atoms with E-state index in [2.05, 4.69) is 9.97 Å². The highest BCUT2D eigenvalue weighted by Gasteiger charge is 2.26. The SMILES string of the molecule is C[C@@H]1CN(C(=O)c2ccc(-c3cnc[nH]3)cc2)C[C@H](C)O1. The smallest absolute Gasteiger partial charge is 0.254 e. The maximum atomic E-state index is 12.5. The average Bonchev–Trinajstić information content (AvgIpc) is 3.00. The number of benzene rings is 1. The molecule has 2 aromatic rings. The second-order valence-corrected chi connectivity index (χ2v) is 5.51. The lowest BCUT2D eigenvalue weighted by molar-refractivity contribution is -0.0586. The van der Waals surface area contributed by atoms with Gasteiger partial charge in [0, 0.05) is 18.7 Å². The van der Waals surface area contributed by atoms with Crippen molar-refractivity contribution < 1.29 is 9.53 Å². The lowest BCUT2D eigenvalue weighted by atomic mass is 10.1. The van der Waals surface area contributed by atoms with Gasteiger partial charge in [0.15, 0.2) is 0 Å². The molecule has 0 unspecified atom stereocenters. The average molecular weight is 285 g/mol. The minimum atomic E-state index is 0.0631. The van der Waals surface area contributed by atoms with Gasteiger partial charge in [-0.1, -0.05) is 12.1 Å². The predicted molar refractivity (Wildman–Crippen MR) is 79.9 cm³/mol. The number of rotatable bonds is 2. The molecule has 2 atom stereocenters. The fourth-order valence-corrected chi connectivity index (χ4v) is 2.73. The standard InChI is InChI=1S/C16H19N3O2/c1-11-8-19(9-12(2)21-11)16(20)14-5-3-13(4-6-14)15-7-17-10-18-15/h3-7,10-12H,8-9H2,1-2H3,(H,17,18)/t11-,12+. The molecule has 5 nitrogen and oxygen atoms in total. The van der Waals surface area contributed by atoms with E-state index in [0.29, 0.717) is 18.7 Å². The molecule has 0 saturated carbocycles. The molecular weight excluding hydrogens is 266 g/mol. The molecule has 1 aliphatic rings. The van der Waals surface area contributed by atoms with E-state index >= 15 is 0 Å². The second-order valence-electron chi connectivity index (χ2n) is 5.51. The Hall–Kier alpha value is -2.14. The monoisotopic (exact) mass is 285 g/mol. The minimum Gasteiger partial charge on any atom is -0.372 e. The summed E-state index contributed by atoms with van der Waals surface area (Å²) in [4.78, 5) is 21.5. The van der Waals surface area contributed by atoms with Crippen molar-refractivity contribution >= 4 is 5.91 Å². The van der Waals surface area contributed by atoms with Crippen molar-refractivity contribution in [3.8, 4) is 11.3 Å². The Bertz CT molecular complexity index is 597. The van der Waals surface area contributed by atoms with Gasteiger partial charge in [0.2, 0.25) is 0 Å². The zero-order chi connectivity index (χ0) is 14.8. The molecule has 110 valence electrons. The van der Waals surface area contributed by atoms with Gasteiger partial charge in [-0.3, -0.25) is 4.79 Å². The van der Waals surface area contributed by atoms with Gasteiger partial charge >= 0.3 is 0 Å². The Balaban J connectivity index is 1.76. The summed E-state index contributed by atoms with van der Waals surface area (Å²) in [5, 5.41) is 0. The summed E-state index contributed by atoms with van der Waals surface area (Å²) >= 11 is 0. The molecule has 1 aromatic carbocycles. The van der Waals surface area contributed by atoms with Crippen LogP contribution in [-0.4, -0.2) is 46.1 Å². The number of ether oxygens (including phenoxy) is 1. The van der Waals surface area contributed by atoms with Crippen LogP contribution in [0.1, 0.15) is 24.2 Å². The molecule has 1 fully saturated rings. The first-order chi connectivity index (χ1) is 10.1. The van der Waals surface area contributed by atoms with Crippen LogP contribution in [0.25, 0.3) is 11.3 Å². The number of H-pyrrole nitrogens is 1. The number of nitrogens with one attached hydrogen (secondary N) is 1. The van der Waals surface area contributed by atoms with Crippen LogP contribution >= 0.6 is 0 Å². The summed E-state index contributed by atoms with van der Waals surface area (Å²) in [7, 11) is 0. The summed E-state index contributed by atoms with van der Waals surface area (Å²) in [5.41, 5.74) is 2.68. The number of nitrogens with zero attached hydrogens (tertiary/aromatic N) is 2. The Morgan fingerprint density at radius 3 is 2.48 bits per heavy atom. The summed E-state index contributed by atoms with van der Waals surface area (Å²) < 4.78 is 5.67. The summed E-state index contributed by atoms with van der Waals surface area (Å²) in [6.07, 6.45) is 3.58. The van der Waals surface area contributed by atoms with Crippen molar-refractivity contribution in [2.75, 3.05) is 13.1 Å². The van der Waals surface area contributed by atoms with Gasteiger partial charge in [-0.05, 0) is 31.5 Å². The highest BCUT2D eigenvalue weighted by molar-refractivity contribution is 5.94. The zero-order valence-electron chi connectivity index (χ0n) is 12.2. The number of hydrogen-bond acceptors (Lipinski definition) is 3. The summed E-state index contributed by atoms with van der Waals surface area (Å²) in [5.74, 6) is 0.0631. The van der Waals surface area contributed by atoms with E-state index in [9.17, 15) is 4.79 Å². The van der Waals surface area contributed by atoms with E-state index < -0.39 is 0 Å². The van der Waals surface area contributed by atoms with Crippen molar-refractivity contribution in [2.24, 2.45) is 0 Å². The Labute approximate surface area is 124 Å². The minimum absolute atomic E-state index is 0.0631. The first-order valence-electron chi connectivity index (χ1n) is 7.17. The molecular formula is C16H19N3O2. The van der Waals surface area contributed by atoms with E-state index in [1.165, 1.54) is 0 Å². The first kappa shape index (κ1) is 13.8. The topological polar surface area (TPSA) is 58.2 Å². The van der Waals surface area contributed by atoms with Gasteiger partial charge in [0.25, 0.3) is 5.91 Å². The van der Waals surface area contributed by atoms with Crippen LogP contribution < -0.4 is 0 Å². The molecule has 0 spiro atoms. The van der Waals surface area contributed by atoms with Crippen molar-refractivity contribution in [3.63, 3.8) is 0 Å². The maximum Gasteiger partial charge on any atom is 0.254 e. The third-order valence-corrected chi connectivity index (χ3v) is 3.65. The van der Waals surface area contributed by atoms with E-state index in [1.54, 1.807) is 12.5 Å². The second kappa shape index (κ2) is 5.69. The third kappa shape index (κ3) is 2.97. The highest BCUT2D eigenvalue weighted by Crippen LogP contribution is 2.19. The molecule has 1 N–H and O–H groups in total. The van der Waals surface area contributed by atoms with Crippen LogP contribution in [-0.2, 0) is 4.74 Å². The Kier molecular flexibility index (Phi) is 3.75. The van der Waals surface area contributed by atoms with E-state index in [4.69, 9.17) is 4.74 Å². The number of hydrogen-bond donors (Lipinski definition) is 1. The molecule has 0 bridgehead atoms. The number of morpholine rings is 1. The molecule has 0 aliphatic carbocycles. The molecule has 1 aliphatic heterocycles. The molecule has 5 heteroatoms. The molecule has 1 saturated heterocycles. The Morgan fingerprint density at radius 2 is 1.90 bits per heavy atom. The fourth-order valence-electron chi connectivity index (χ4n) is 2.73. The van der Waals surface area contributed by atoms with E-state index in [-0.39, 0.29) is 18.1 Å². The molecule has 0 radical (unpaired) electrons. The quantitative estimate of drug-likeness (QED) is 0.921. The number of carbonyl (C=O) groups excluding carboxylic acids is 1. The highest BCUT2D eigenvalue weighted by atomic mass is 16.5. The third-order valence-electron chi connectivity index (χ3n) is 3.65. The maximum absolute atomic E-state index is 12.5. The van der Waals surface area contributed by atoms with Gasteiger partial charge in [-0.15, -0.1) is 0 Å². The van der Waals surface area contributed by atoms with Crippen molar-refractivity contribution in [3.05, 3.63) is 42.4 Å². The largest absolute Gasteiger partial charge is 0.372 e. The molecule has 1 aromatic heterocycles. The van der Waals surface area contributed by atoms with Crippen molar-refractivity contribution in [2.45, 2.75) is 26.1 Å². The van der Waals surface area contributed by atoms with Crippen LogP contribution in [0.5, 0.6) is 0 Å². The lowest BCUT2D eigenvalue weighted by Gasteiger charge is -2.35. The van der Waals surface area contributed by atoms with Crippen molar-refractivity contribution in [1.82, 2.24) is 14.9 Å². The van der Waals surface area contributed by atoms with Crippen LogP contribution in [0.15, 0.2) is 36.8 Å². The Morgan fingerprint density at radius 1 is 1.24 bits per heavy atom. The molecule has 21 heavy (non-hydrogen) atoms. The zero-order valence-corrected chi connectivity index (χ0v) is 12.2. The number of carbonyl (C=O) groups is 1. The van der Waals surface area contributed by atoms with Crippen LogP contribution in [0, 0.1) is 0 Å². The lowest BCUT2D eigenvalue weighted by Crippen LogP contribution is -2.48. The normalized spacial score (nSPS) is 22.3. The number of aromatic amines is 1. The number of aromatic nitrogens is 2.